The molecule has 22 heavy (non-hydrogen) atoms. The second-order valence-electron chi connectivity index (χ2n) is 4.94. The molecule has 0 aliphatic heterocycles. The second-order valence-corrected chi connectivity index (χ2v) is 4.94. The summed E-state index contributed by atoms with van der Waals surface area (Å²) in [5.41, 5.74) is 8.06. The lowest BCUT2D eigenvalue weighted by Gasteiger charge is -2.00. The molecule has 0 aromatic rings. The molecule has 0 aliphatic carbocycles. The lowest BCUT2D eigenvalue weighted by atomic mass is 10.1. The van der Waals surface area contributed by atoms with Gasteiger partial charge in [0, 0.05) is 0 Å². The van der Waals surface area contributed by atoms with E-state index in [1.165, 1.54) is 70.6 Å². The number of hydrogen-bond donors (Lipinski definition) is 4. The van der Waals surface area contributed by atoms with Crippen molar-refractivity contribution in [3.8, 4) is 0 Å². The van der Waals surface area contributed by atoms with Crippen molar-refractivity contribution in [1.82, 2.24) is 0 Å². The quantitative estimate of drug-likeness (QED) is 0.324. The van der Waals surface area contributed by atoms with Gasteiger partial charge in [-0.15, -0.1) is 6.58 Å². The molecule has 0 aliphatic rings. The third-order valence-corrected chi connectivity index (χ3v) is 2.76. The van der Waals surface area contributed by atoms with E-state index in [9.17, 15) is 0 Å². The monoisotopic (exact) mass is 318 g/mol. The number of unbranched alkanes of at least 4 members (excludes halogenated alkanes) is 10. The van der Waals surface area contributed by atoms with Crippen LogP contribution < -0.4 is 11.5 Å². The van der Waals surface area contributed by atoms with Crippen LogP contribution in [0.1, 0.15) is 77.6 Å². The lowest BCUT2D eigenvalue weighted by molar-refractivity contribution is 0.204. The zero-order chi connectivity index (χ0) is 17.6. The largest absolute Gasteiger partial charge is 0.465 e. The Morgan fingerprint density at radius 3 is 1.36 bits per heavy atom. The van der Waals surface area contributed by atoms with Gasteiger partial charge in [-0.3, -0.25) is 0 Å². The molecule has 6 N–H and O–H groups in total. The summed E-state index contributed by atoms with van der Waals surface area (Å²) in [5, 5.41) is 14.4. The zero-order valence-electron chi connectivity index (χ0n) is 13.9. The first-order chi connectivity index (χ1) is 10.4. The summed E-state index contributed by atoms with van der Waals surface area (Å²) in [7, 11) is 0. The van der Waals surface area contributed by atoms with Gasteiger partial charge in [-0.25, -0.2) is 9.59 Å². The van der Waals surface area contributed by atoms with E-state index in [0.29, 0.717) is 0 Å². The number of carboxylic acid groups (broad SMARTS) is 2. The van der Waals surface area contributed by atoms with Crippen molar-refractivity contribution in [3.05, 3.63) is 12.7 Å². The highest BCUT2D eigenvalue weighted by Crippen LogP contribution is 2.11. The van der Waals surface area contributed by atoms with Crippen LogP contribution in [-0.2, 0) is 0 Å². The van der Waals surface area contributed by atoms with E-state index >= 15 is 0 Å². The summed E-state index contributed by atoms with van der Waals surface area (Å²) in [4.78, 5) is 17.6. The molecule has 6 nitrogen and oxygen atoms in total. The third kappa shape index (κ3) is 63.4. The van der Waals surface area contributed by atoms with Gasteiger partial charge < -0.3 is 21.7 Å². The van der Waals surface area contributed by atoms with Crippen LogP contribution in [-0.4, -0.2) is 22.4 Å². The van der Waals surface area contributed by atoms with E-state index in [-0.39, 0.29) is 0 Å². The normalized spacial score (nSPS) is 8.77. The van der Waals surface area contributed by atoms with Crippen molar-refractivity contribution in [2.75, 3.05) is 0 Å². The molecule has 0 rings (SSSR count). The highest BCUT2D eigenvalue weighted by atomic mass is 16.4. The van der Waals surface area contributed by atoms with Crippen LogP contribution in [0.5, 0.6) is 0 Å². The van der Waals surface area contributed by atoms with Crippen LogP contribution in [0, 0.1) is 0 Å². The highest BCUT2D eigenvalue weighted by molar-refractivity contribution is 5.61. The van der Waals surface area contributed by atoms with Crippen molar-refractivity contribution in [2.45, 2.75) is 77.6 Å². The molecule has 0 radical (unpaired) electrons. The highest BCUT2D eigenvalue weighted by Gasteiger charge is 1.91. The summed E-state index contributed by atoms with van der Waals surface area (Å²) >= 11 is 0. The number of hydrogen-bond acceptors (Lipinski definition) is 2. The molecule has 0 saturated heterocycles. The Morgan fingerprint density at radius 1 is 0.818 bits per heavy atom. The molecule has 0 spiro atoms. The van der Waals surface area contributed by atoms with E-state index in [4.69, 9.17) is 19.8 Å². The van der Waals surface area contributed by atoms with Gasteiger partial charge in [0.05, 0.1) is 0 Å². The molecular formula is C16H34N2O4. The predicted molar refractivity (Wildman–Crippen MR) is 91.1 cm³/mol. The van der Waals surface area contributed by atoms with Gasteiger partial charge >= 0.3 is 12.2 Å². The summed E-state index contributed by atoms with van der Waals surface area (Å²) in [5.74, 6) is 0. The Hall–Kier alpha value is -1.72. The van der Waals surface area contributed by atoms with E-state index in [0.717, 1.165) is 0 Å². The summed E-state index contributed by atoms with van der Waals surface area (Å²) in [6, 6.07) is 0. The van der Waals surface area contributed by atoms with Crippen molar-refractivity contribution in [3.63, 3.8) is 0 Å². The van der Waals surface area contributed by atoms with Gasteiger partial charge in [0.25, 0.3) is 0 Å². The average molecular weight is 318 g/mol. The lowest BCUT2D eigenvalue weighted by Crippen LogP contribution is -2.03. The Balaban J connectivity index is -0.000000372. The van der Waals surface area contributed by atoms with Gasteiger partial charge in [-0.05, 0) is 12.8 Å². The third-order valence-electron chi connectivity index (χ3n) is 2.76. The Kier molecular flexibility index (Phi) is 27.9. The SMILES string of the molecule is C=CCCCCCCCCCCCC.NC(=O)O.NC(=O)O. The fraction of sp³-hybridized carbons (Fsp3) is 0.750. The summed E-state index contributed by atoms with van der Waals surface area (Å²) < 4.78 is 0. The van der Waals surface area contributed by atoms with E-state index in [1.54, 1.807) is 0 Å². The summed E-state index contributed by atoms with van der Waals surface area (Å²) in [6.07, 6.45) is 14.8. The zero-order valence-corrected chi connectivity index (χ0v) is 13.9. The average Bonchev–Trinajstić information content (AvgIpc) is 2.40. The first-order valence-electron chi connectivity index (χ1n) is 7.96. The smallest absolute Gasteiger partial charge is 0.402 e. The second kappa shape index (κ2) is 24.3. The van der Waals surface area contributed by atoms with Gasteiger partial charge in [-0.2, -0.15) is 0 Å². The van der Waals surface area contributed by atoms with Crippen molar-refractivity contribution < 1.29 is 19.8 Å². The first kappa shape index (κ1) is 25.2. The molecule has 0 unspecified atom stereocenters. The maximum absolute atomic E-state index is 8.78. The fourth-order valence-corrected chi connectivity index (χ4v) is 1.78. The van der Waals surface area contributed by atoms with E-state index in [2.05, 4.69) is 25.0 Å². The molecule has 0 aromatic heterocycles. The van der Waals surface area contributed by atoms with Gasteiger partial charge in [0.15, 0.2) is 0 Å². The molecule has 0 atom stereocenters. The van der Waals surface area contributed by atoms with E-state index < -0.39 is 12.2 Å². The minimum Gasteiger partial charge on any atom is -0.465 e. The predicted octanol–water partition coefficient (Wildman–Crippen LogP) is 4.73. The van der Waals surface area contributed by atoms with Crippen molar-refractivity contribution >= 4 is 12.2 Å². The molecule has 0 fully saturated rings. The molecular weight excluding hydrogens is 284 g/mol. The fourth-order valence-electron chi connectivity index (χ4n) is 1.78. The molecule has 0 saturated carbocycles. The van der Waals surface area contributed by atoms with Crippen molar-refractivity contribution in [2.24, 2.45) is 11.5 Å². The van der Waals surface area contributed by atoms with Crippen LogP contribution in [0.2, 0.25) is 0 Å². The minimum absolute atomic E-state index is 1.20. The van der Waals surface area contributed by atoms with Gasteiger partial charge in [0.2, 0.25) is 0 Å². The van der Waals surface area contributed by atoms with Crippen LogP contribution in [0.15, 0.2) is 12.7 Å². The summed E-state index contributed by atoms with van der Waals surface area (Å²) in [6.45, 7) is 6.01. The maximum Gasteiger partial charge on any atom is 0.402 e. The van der Waals surface area contributed by atoms with Crippen LogP contribution in [0.3, 0.4) is 0 Å². The molecule has 0 heterocycles. The van der Waals surface area contributed by atoms with Crippen LogP contribution >= 0.6 is 0 Å². The Labute approximate surface area is 134 Å². The number of allylic oxidation sites excluding steroid dienone is 1. The van der Waals surface area contributed by atoms with Crippen LogP contribution in [0.4, 0.5) is 9.59 Å². The number of rotatable bonds is 11. The van der Waals surface area contributed by atoms with Crippen LogP contribution in [0.25, 0.3) is 0 Å². The number of nitrogens with two attached hydrogens (primary N) is 2. The molecule has 6 heteroatoms. The molecule has 132 valence electrons. The Morgan fingerprint density at radius 2 is 1.09 bits per heavy atom. The van der Waals surface area contributed by atoms with E-state index in [1.807, 2.05) is 6.08 Å². The van der Waals surface area contributed by atoms with Crippen molar-refractivity contribution in [1.29, 1.82) is 0 Å². The standard InChI is InChI=1S/C14H28.2CH3NO2/c1-3-5-7-9-11-13-14-12-10-8-6-4-2;2*2-1(3)4/h3H,1,4-14H2,2H3;2*2H2,(H,3,4). The molecule has 0 bridgehead atoms. The first-order valence-corrected chi connectivity index (χ1v) is 7.96. The number of amides is 2. The molecule has 0 aromatic carbocycles. The Bertz CT molecular complexity index is 239. The minimum atomic E-state index is -1.33. The maximum atomic E-state index is 8.78. The number of carbonyl (C=O) groups is 2. The van der Waals surface area contributed by atoms with Gasteiger partial charge in [-0.1, -0.05) is 70.8 Å². The number of primary amides is 2. The van der Waals surface area contributed by atoms with Gasteiger partial charge in [0.1, 0.15) is 0 Å². The topological polar surface area (TPSA) is 127 Å². The molecule has 2 amide bonds.